The molecule has 1 aliphatic rings. The lowest BCUT2D eigenvalue weighted by molar-refractivity contribution is 0.264. The highest BCUT2D eigenvalue weighted by Gasteiger charge is 2.23. The second kappa shape index (κ2) is 5.06. The first-order valence-corrected chi connectivity index (χ1v) is 6.65. The van der Waals surface area contributed by atoms with Crippen LogP contribution in [0.3, 0.4) is 0 Å². The second-order valence-electron chi connectivity index (χ2n) is 5.08. The first kappa shape index (κ1) is 12.2. The molecule has 0 amide bonds. The Morgan fingerprint density at radius 2 is 1.89 bits per heavy atom. The lowest BCUT2D eigenvalue weighted by Crippen LogP contribution is -2.05. The topological polar surface area (TPSA) is 21.8 Å². The molecule has 1 fully saturated rings. The zero-order chi connectivity index (χ0) is 13.2. The van der Waals surface area contributed by atoms with Crippen molar-refractivity contribution in [3.63, 3.8) is 0 Å². The molecule has 19 heavy (non-hydrogen) atoms. The third-order valence-corrected chi connectivity index (χ3v) is 3.40. The Bertz CT molecular complexity index is 586. The maximum absolute atomic E-state index is 5.90. The van der Waals surface area contributed by atoms with E-state index in [1.165, 1.54) is 22.3 Å². The summed E-state index contributed by atoms with van der Waals surface area (Å²) in [5, 5.41) is 0. The highest BCUT2D eigenvalue weighted by Crippen LogP contribution is 2.33. The molecule has 0 saturated carbocycles. The Balaban J connectivity index is 1.97. The van der Waals surface area contributed by atoms with Crippen LogP contribution in [0, 0.1) is 13.8 Å². The van der Waals surface area contributed by atoms with Gasteiger partial charge in [-0.25, -0.2) is 0 Å². The van der Waals surface area contributed by atoms with E-state index in [1.54, 1.807) is 0 Å². The number of aryl methyl sites for hydroxylation is 2. The van der Waals surface area contributed by atoms with Crippen molar-refractivity contribution in [1.82, 2.24) is 0 Å². The van der Waals surface area contributed by atoms with Crippen LogP contribution in [0.2, 0.25) is 0 Å². The monoisotopic (exact) mass is 254 g/mol. The molecule has 0 bridgehead atoms. The van der Waals surface area contributed by atoms with Crippen molar-refractivity contribution in [3.05, 3.63) is 53.6 Å². The third-order valence-electron chi connectivity index (χ3n) is 3.40. The highest BCUT2D eigenvalue weighted by atomic mass is 16.6. The largest absolute Gasteiger partial charge is 0.490 e. The van der Waals surface area contributed by atoms with Crippen LogP contribution in [-0.4, -0.2) is 19.3 Å². The fourth-order valence-electron chi connectivity index (χ4n) is 2.20. The van der Waals surface area contributed by atoms with Gasteiger partial charge in [0.15, 0.2) is 0 Å². The predicted molar refractivity (Wildman–Crippen MR) is 76.6 cm³/mol. The summed E-state index contributed by atoms with van der Waals surface area (Å²) in [6, 6.07) is 14.7. The Hall–Kier alpha value is -1.80. The molecule has 1 aliphatic heterocycles. The van der Waals surface area contributed by atoms with Gasteiger partial charge in [0.25, 0.3) is 0 Å². The standard InChI is InChI=1S/C17H18O2/c1-12-7-8-17(19-11-14-10-18-14)16(9-12)15-6-4-3-5-13(15)2/h3-9,14H,10-11H2,1-2H3. The number of hydrogen-bond acceptors (Lipinski definition) is 2. The molecule has 1 atom stereocenters. The van der Waals surface area contributed by atoms with Crippen LogP contribution in [0.4, 0.5) is 0 Å². The minimum absolute atomic E-state index is 0.283. The fourth-order valence-corrected chi connectivity index (χ4v) is 2.20. The van der Waals surface area contributed by atoms with Gasteiger partial charge < -0.3 is 9.47 Å². The van der Waals surface area contributed by atoms with E-state index < -0.39 is 0 Å². The minimum Gasteiger partial charge on any atom is -0.490 e. The zero-order valence-corrected chi connectivity index (χ0v) is 11.3. The summed E-state index contributed by atoms with van der Waals surface area (Å²) in [4.78, 5) is 0. The van der Waals surface area contributed by atoms with E-state index in [0.717, 1.165) is 12.4 Å². The van der Waals surface area contributed by atoms with E-state index in [1.807, 2.05) is 0 Å². The Morgan fingerprint density at radius 3 is 2.63 bits per heavy atom. The first-order chi connectivity index (χ1) is 9.24. The Labute approximate surface area is 114 Å². The van der Waals surface area contributed by atoms with E-state index >= 15 is 0 Å². The Kier molecular flexibility index (Phi) is 3.26. The molecular weight excluding hydrogens is 236 g/mol. The quantitative estimate of drug-likeness (QED) is 0.775. The van der Waals surface area contributed by atoms with Crippen LogP contribution in [0.15, 0.2) is 42.5 Å². The molecule has 98 valence electrons. The average Bonchev–Trinajstić information content (AvgIpc) is 3.22. The lowest BCUT2D eigenvalue weighted by Gasteiger charge is -2.13. The lowest BCUT2D eigenvalue weighted by atomic mass is 9.98. The van der Waals surface area contributed by atoms with Gasteiger partial charge in [0, 0.05) is 5.56 Å². The molecule has 1 heterocycles. The SMILES string of the molecule is Cc1ccc(OCC2CO2)c(-c2ccccc2C)c1. The average molecular weight is 254 g/mol. The van der Waals surface area contributed by atoms with Gasteiger partial charge in [0.05, 0.1) is 6.61 Å². The zero-order valence-electron chi connectivity index (χ0n) is 11.3. The fraction of sp³-hybridized carbons (Fsp3) is 0.294. The molecule has 0 aromatic heterocycles. The van der Waals surface area contributed by atoms with Crippen molar-refractivity contribution in [1.29, 1.82) is 0 Å². The van der Waals surface area contributed by atoms with E-state index in [4.69, 9.17) is 9.47 Å². The summed E-state index contributed by atoms with van der Waals surface area (Å²) in [5.41, 5.74) is 4.91. The van der Waals surface area contributed by atoms with Gasteiger partial charge in [0.1, 0.15) is 18.5 Å². The van der Waals surface area contributed by atoms with Gasteiger partial charge in [-0.3, -0.25) is 0 Å². The summed E-state index contributed by atoms with van der Waals surface area (Å²) in [5.74, 6) is 0.940. The van der Waals surface area contributed by atoms with Crippen LogP contribution >= 0.6 is 0 Å². The summed E-state index contributed by atoms with van der Waals surface area (Å²) >= 11 is 0. The van der Waals surface area contributed by atoms with Crippen molar-refractivity contribution in [2.24, 2.45) is 0 Å². The van der Waals surface area contributed by atoms with E-state index in [0.29, 0.717) is 6.61 Å². The van der Waals surface area contributed by atoms with E-state index in [-0.39, 0.29) is 6.10 Å². The molecule has 0 radical (unpaired) electrons. The maximum Gasteiger partial charge on any atom is 0.127 e. The summed E-state index contributed by atoms with van der Waals surface area (Å²) in [6.45, 7) is 5.70. The van der Waals surface area contributed by atoms with Crippen LogP contribution in [0.25, 0.3) is 11.1 Å². The minimum atomic E-state index is 0.283. The van der Waals surface area contributed by atoms with Gasteiger partial charge in [0.2, 0.25) is 0 Å². The molecule has 2 aromatic carbocycles. The number of ether oxygens (including phenoxy) is 2. The first-order valence-electron chi connectivity index (χ1n) is 6.65. The van der Waals surface area contributed by atoms with Gasteiger partial charge in [-0.2, -0.15) is 0 Å². The van der Waals surface area contributed by atoms with Crippen molar-refractivity contribution in [3.8, 4) is 16.9 Å². The van der Waals surface area contributed by atoms with Crippen LogP contribution in [-0.2, 0) is 4.74 Å². The molecule has 1 unspecified atom stereocenters. The Morgan fingerprint density at radius 1 is 1.11 bits per heavy atom. The molecule has 2 heteroatoms. The highest BCUT2D eigenvalue weighted by molar-refractivity contribution is 5.73. The smallest absolute Gasteiger partial charge is 0.127 e. The van der Waals surface area contributed by atoms with Gasteiger partial charge in [-0.1, -0.05) is 35.9 Å². The molecule has 2 nitrogen and oxygen atoms in total. The van der Waals surface area contributed by atoms with E-state index in [9.17, 15) is 0 Å². The molecule has 0 aliphatic carbocycles. The summed E-state index contributed by atoms with van der Waals surface area (Å²) < 4.78 is 11.1. The van der Waals surface area contributed by atoms with Crippen molar-refractivity contribution >= 4 is 0 Å². The molecule has 1 saturated heterocycles. The van der Waals surface area contributed by atoms with Crippen LogP contribution in [0.5, 0.6) is 5.75 Å². The molecule has 0 N–H and O–H groups in total. The van der Waals surface area contributed by atoms with Crippen LogP contribution < -0.4 is 4.74 Å². The van der Waals surface area contributed by atoms with Gasteiger partial charge >= 0.3 is 0 Å². The third kappa shape index (κ3) is 2.79. The van der Waals surface area contributed by atoms with Crippen molar-refractivity contribution < 1.29 is 9.47 Å². The maximum atomic E-state index is 5.90. The summed E-state index contributed by atoms with van der Waals surface area (Å²) in [6.07, 6.45) is 0.283. The number of hydrogen-bond donors (Lipinski definition) is 0. The molecule has 3 rings (SSSR count). The molecular formula is C17H18O2. The van der Waals surface area contributed by atoms with Gasteiger partial charge in [-0.05, 0) is 37.1 Å². The molecule has 2 aromatic rings. The van der Waals surface area contributed by atoms with Crippen LogP contribution in [0.1, 0.15) is 11.1 Å². The number of epoxide rings is 1. The van der Waals surface area contributed by atoms with E-state index in [2.05, 4.69) is 56.3 Å². The second-order valence-corrected chi connectivity index (χ2v) is 5.08. The van der Waals surface area contributed by atoms with Crippen molar-refractivity contribution in [2.45, 2.75) is 20.0 Å². The normalized spacial score (nSPS) is 17.3. The molecule has 0 spiro atoms. The van der Waals surface area contributed by atoms with Crippen molar-refractivity contribution in [2.75, 3.05) is 13.2 Å². The number of benzene rings is 2. The number of rotatable bonds is 4. The summed E-state index contributed by atoms with van der Waals surface area (Å²) in [7, 11) is 0. The van der Waals surface area contributed by atoms with Gasteiger partial charge in [-0.15, -0.1) is 0 Å². The predicted octanol–water partition coefficient (Wildman–Crippen LogP) is 3.75.